The molecule has 0 saturated carbocycles. The Hall–Kier alpha value is -2.22. The summed E-state index contributed by atoms with van der Waals surface area (Å²) in [6.45, 7) is 13.0. The summed E-state index contributed by atoms with van der Waals surface area (Å²) in [6.07, 6.45) is 1.04. The van der Waals surface area contributed by atoms with Crippen molar-refractivity contribution in [2.24, 2.45) is 9.98 Å². The molecule has 0 aliphatic carbocycles. The van der Waals surface area contributed by atoms with Crippen molar-refractivity contribution in [2.45, 2.75) is 54.5 Å². The lowest BCUT2D eigenvalue weighted by Gasteiger charge is -1.94. The van der Waals surface area contributed by atoms with Gasteiger partial charge in [0.2, 0.25) is 0 Å². The Morgan fingerprint density at radius 2 is 1.33 bits per heavy atom. The predicted octanol–water partition coefficient (Wildman–Crippen LogP) is 6.40. The van der Waals surface area contributed by atoms with Crippen LogP contribution in [-0.2, 0) is 13.0 Å². The molecule has 2 aliphatic rings. The van der Waals surface area contributed by atoms with E-state index in [2.05, 4.69) is 66.3 Å². The summed E-state index contributed by atoms with van der Waals surface area (Å²) in [6, 6.07) is 16.7. The minimum Gasteiger partial charge on any atom is -0.285 e. The highest BCUT2D eigenvalue weighted by Crippen LogP contribution is 2.25. The molecule has 2 heterocycles. The molecule has 0 saturated heterocycles. The molecule has 0 bridgehead atoms. The summed E-state index contributed by atoms with van der Waals surface area (Å²) in [5.74, 6) is 0. The van der Waals surface area contributed by atoms with Crippen LogP contribution in [0.2, 0.25) is 0 Å². The zero-order chi connectivity index (χ0) is 17.9. The Balaban J connectivity index is 0.000000199. The van der Waals surface area contributed by atoms with E-state index in [0.29, 0.717) is 0 Å². The molecule has 0 unspecified atom stereocenters. The number of nitrogens with zero attached hydrogens (tertiary/aromatic N) is 2. The van der Waals surface area contributed by atoms with Crippen molar-refractivity contribution in [3.05, 3.63) is 65.2 Å². The van der Waals surface area contributed by atoms with Crippen LogP contribution in [0.4, 0.5) is 5.69 Å². The van der Waals surface area contributed by atoms with Gasteiger partial charge in [-0.25, -0.2) is 0 Å². The lowest BCUT2D eigenvalue weighted by atomic mass is 10.1. The molecule has 4 rings (SSSR count). The minimum atomic E-state index is 0.877. The Morgan fingerprint density at radius 3 is 1.96 bits per heavy atom. The van der Waals surface area contributed by atoms with Gasteiger partial charge in [-0.1, -0.05) is 70.2 Å². The van der Waals surface area contributed by atoms with Gasteiger partial charge in [-0.15, -0.1) is 0 Å². The number of aliphatic imine (C=N–C) groups is 2. The molecule has 0 N–H and O–H groups in total. The first-order chi connectivity index (χ1) is 11.7. The van der Waals surface area contributed by atoms with Gasteiger partial charge in [0.15, 0.2) is 0 Å². The molecule has 2 aliphatic heterocycles. The molecule has 0 amide bonds. The second-order valence-electron chi connectivity index (χ2n) is 5.21. The van der Waals surface area contributed by atoms with Crippen molar-refractivity contribution >= 4 is 17.1 Å². The zero-order valence-corrected chi connectivity index (χ0v) is 15.9. The van der Waals surface area contributed by atoms with E-state index < -0.39 is 0 Å². The third kappa shape index (κ3) is 5.16. The summed E-state index contributed by atoms with van der Waals surface area (Å²) in [5.41, 5.74) is 7.60. The SMILES string of the molecule is CC.CC.CC1=NCc2ccccc21.CC1=Nc2ccccc2C1. The van der Waals surface area contributed by atoms with E-state index in [-0.39, 0.29) is 0 Å². The second kappa shape index (κ2) is 10.5. The molecule has 0 fully saturated rings. The number of fused-ring (bicyclic) bond motifs is 2. The smallest absolute Gasteiger partial charge is 0.0664 e. The highest BCUT2D eigenvalue weighted by atomic mass is 14.8. The maximum Gasteiger partial charge on any atom is 0.0664 e. The number of para-hydroxylation sites is 1. The molecule has 2 aromatic rings. The third-order valence-electron chi connectivity index (χ3n) is 3.64. The van der Waals surface area contributed by atoms with E-state index >= 15 is 0 Å². The Bertz CT molecular complexity index is 697. The first-order valence-electron chi connectivity index (χ1n) is 8.95. The fourth-order valence-corrected chi connectivity index (χ4v) is 2.59. The van der Waals surface area contributed by atoms with Crippen molar-refractivity contribution < 1.29 is 0 Å². The first-order valence-corrected chi connectivity index (χ1v) is 8.95. The third-order valence-corrected chi connectivity index (χ3v) is 3.64. The molecule has 2 aromatic carbocycles. The monoisotopic (exact) mass is 322 g/mol. The van der Waals surface area contributed by atoms with E-state index in [0.717, 1.165) is 18.7 Å². The van der Waals surface area contributed by atoms with E-state index in [4.69, 9.17) is 0 Å². The van der Waals surface area contributed by atoms with E-state index in [1.165, 1.54) is 28.1 Å². The van der Waals surface area contributed by atoms with Crippen LogP contribution in [0.5, 0.6) is 0 Å². The molecule has 2 nitrogen and oxygen atoms in total. The van der Waals surface area contributed by atoms with Crippen LogP contribution in [0, 0.1) is 0 Å². The first kappa shape index (κ1) is 19.8. The van der Waals surface area contributed by atoms with Gasteiger partial charge in [0.25, 0.3) is 0 Å². The van der Waals surface area contributed by atoms with Crippen LogP contribution in [0.15, 0.2) is 58.5 Å². The summed E-state index contributed by atoms with van der Waals surface area (Å²) in [4.78, 5) is 8.69. The average Bonchev–Trinajstić information content (AvgIpc) is 3.21. The van der Waals surface area contributed by atoms with Gasteiger partial charge < -0.3 is 0 Å². The highest BCUT2D eigenvalue weighted by molar-refractivity contribution is 6.01. The molecule has 0 radical (unpaired) electrons. The largest absolute Gasteiger partial charge is 0.285 e. The highest BCUT2D eigenvalue weighted by Gasteiger charge is 2.09. The molecule has 0 aromatic heterocycles. The van der Waals surface area contributed by atoms with Crippen LogP contribution in [-0.4, -0.2) is 11.4 Å². The summed E-state index contributed by atoms with van der Waals surface area (Å²) in [7, 11) is 0. The van der Waals surface area contributed by atoms with Crippen LogP contribution in [0.1, 0.15) is 58.2 Å². The van der Waals surface area contributed by atoms with Crippen molar-refractivity contribution in [1.29, 1.82) is 0 Å². The maximum atomic E-state index is 4.37. The molecule has 128 valence electrons. The number of hydrogen-bond acceptors (Lipinski definition) is 2. The zero-order valence-electron chi connectivity index (χ0n) is 15.9. The Labute approximate surface area is 147 Å². The fourth-order valence-electron chi connectivity index (χ4n) is 2.59. The number of benzene rings is 2. The van der Waals surface area contributed by atoms with Crippen LogP contribution >= 0.6 is 0 Å². The quantitative estimate of drug-likeness (QED) is 0.536. The Morgan fingerprint density at radius 1 is 0.750 bits per heavy atom. The predicted molar refractivity (Wildman–Crippen MR) is 108 cm³/mol. The van der Waals surface area contributed by atoms with E-state index in [9.17, 15) is 0 Å². The normalized spacial score (nSPS) is 12.8. The molecular weight excluding hydrogens is 292 g/mol. The van der Waals surface area contributed by atoms with E-state index in [1.54, 1.807) is 0 Å². The summed E-state index contributed by atoms with van der Waals surface area (Å²) < 4.78 is 0. The van der Waals surface area contributed by atoms with Gasteiger partial charge in [-0.2, -0.15) is 0 Å². The number of rotatable bonds is 0. The summed E-state index contributed by atoms with van der Waals surface area (Å²) in [5, 5.41) is 0. The van der Waals surface area contributed by atoms with Crippen LogP contribution in [0.25, 0.3) is 0 Å². The van der Waals surface area contributed by atoms with Gasteiger partial charge in [-0.3, -0.25) is 9.98 Å². The maximum absolute atomic E-state index is 4.37. The van der Waals surface area contributed by atoms with Gasteiger partial charge in [0.1, 0.15) is 0 Å². The minimum absolute atomic E-state index is 0.877. The molecule has 2 heteroatoms. The van der Waals surface area contributed by atoms with Crippen molar-refractivity contribution in [3.8, 4) is 0 Å². The molecule has 0 atom stereocenters. The fraction of sp³-hybridized carbons (Fsp3) is 0.364. The van der Waals surface area contributed by atoms with E-state index in [1.807, 2.05) is 33.8 Å². The van der Waals surface area contributed by atoms with Crippen LogP contribution in [0.3, 0.4) is 0 Å². The topological polar surface area (TPSA) is 24.7 Å². The molecule has 0 spiro atoms. The van der Waals surface area contributed by atoms with Crippen molar-refractivity contribution in [2.75, 3.05) is 0 Å². The van der Waals surface area contributed by atoms with Gasteiger partial charge in [0.05, 0.1) is 12.2 Å². The van der Waals surface area contributed by atoms with Gasteiger partial charge in [-0.05, 0) is 31.0 Å². The molecule has 24 heavy (non-hydrogen) atoms. The van der Waals surface area contributed by atoms with Crippen molar-refractivity contribution in [1.82, 2.24) is 0 Å². The lowest BCUT2D eigenvalue weighted by Crippen LogP contribution is -1.89. The van der Waals surface area contributed by atoms with Gasteiger partial charge >= 0.3 is 0 Å². The Kier molecular flexibility index (Phi) is 8.70. The van der Waals surface area contributed by atoms with Crippen LogP contribution < -0.4 is 0 Å². The van der Waals surface area contributed by atoms with Gasteiger partial charge in [0, 0.05) is 23.4 Å². The number of hydrogen-bond donors (Lipinski definition) is 0. The standard InChI is InChI=1S/2C9H9N.2C2H6/c1-7-9-5-3-2-4-8(9)6-10-7;1-7-6-8-4-2-3-5-9(8)10-7;2*1-2/h2*2-5H,6H2,1H3;2*1-2H3. The lowest BCUT2D eigenvalue weighted by molar-refractivity contribution is 1.11. The summed E-state index contributed by atoms with van der Waals surface area (Å²) >= 11 is 0. The second-order valence-corrected chi connectivity index (χ2v) is 5.21. The average molecular weight is 322 g/mol. The molecular formula is C22H30N2. The van der Waals surface area contributed by atoms with Crippen molar-refractivity contribution in [3.63, 3.8) is 0 Å².